The second kappa shape index (κ2) is 8.59. The highest BCUT2D eigenvalue weighted by Crippen LogP contribution is 2.22. The lowest BCUT2D eigenvalue weighted by Crippen LogP contribution is -2.35. The van der Waals surface area contributed by atoms with Gasteiger partial charge in [0.15, 0.2) is 0 Å². The van der Waals surface area contributed by atoms with Crippen LogP contribution in [0.3, 0.4) is 0 Å². The molecule has 0 aromatic heterocycles. The molecule has 1 aromatic carbocycles. The first-order valence-electron chi connectivity index (χ1n) is 9.37. The summed E-state index contributed by atoms with van der Waals surface area (Å²) in [5.41, 5.74) is 1.85. The summed E-state index contributed by atoms with van der Waals surface area (Å²) in [5, 5.41) is 6.09. The van der Waals surface area contributed by atoms with Crippen molar-refractivity contribution in [2.24, 2.45) is 5.92 Å². The van der Waals surface area contributed by atoms with Crippen molar-refractivity contribution < 1.29 is 14.3 Å². The third-order valence-electron chi connectivity index (χ3n) is 5.25. The highest BCUT2D eigenvalue weighted by molar-refractivity contribution is 5.95. The maximum atomic E-state index is 12.4. The Morgan fingerprint density at radius 2 is 2.04 bits per heavy atom. The SMILES string of the molecule is CC(=O)C1CNC(C(=O)Nc2cccc(COC3CCCCC3)c2)C1. The van der Waals surface area contributed by atoms with E-state index in [-0.39, 0.29) is 23.7 Å². The number of ketones is 1. The van der Waals surface area contributed by atoms with Crippen molar-refractivity contribution in [2.45, 2.75) is 64.2 Å². The number of ether oxygens (including phenoxy) is 1. The monoisotopic (exact) mass is 344 g/mol. The van der Waals surface area contributed by atoms with Crippen LogP contribution >= 0.6 is 0 Å². The summed E-state index contributed by atoms with van der Waals surface area (Å²) in [4.78, 5) is 23.8. The first-order valence-corrected chi connectivity index (χ1v) is 9.37. The number of rotatable bonds is 6. The molecule has 5 nitrogen and oxygen atoms in total. The van der Waals surface area contributed by atoms with E-state index in [2.05, 4.69) is 10.6 Å². The predicted octanol–water partition coefficient (Wildman–Crippen LogP) is 3.04. The van der Waals surface area contributed by atoms with Gasteiger partial charge in [0.05, 0.1) is 18.8 Å². The van der Waals surface area contributed by atoms with Crippen molar-refractivity contribution in [2.75, 3.05) is 11.9 Å². The van der Waals surface area contributed by atoms with Crippen LogP contribution in [0.5, 0.6) is 0 Å². The van der Waals surface area contributed by atoms with E-state index >= 15 is 0 Å². The molecule has 0 radical (unpaired) electrons. The molecular weight excluding hydrogens is 316 g/mol. The smallest absolute Gasteiger partial charge is 0.241 e. The van der Waals surface area contributed by atoms with E-state index in [0.717, 1.165) is 24.1 Å². The summed E-state index contributed by atoms with van der Waals surface area (Å²) < 4.78 is 6.01. The van der Waals surface area contributed by atoms with E-state index < -0.39 is 0 Å². The van der Waals surface area contributed by atoms with Gasteiger partial charge in [-0.25, -0.2) is 0 Å². The average molecular weight is 344 g/mol. The summed E-state index contributed by atoms with van der Waals surface area (Å²) in [7, 11) is 0. The lowest BCUT2D eigenvalue weighted by molar-refractivity contribution is -0.120. The fourth-order valence-corrected chi connectivity index (χ4v) is 3.66. The number of hydrogen-bond acceptors (Lipinski definition) is 4. The lowest BCUT2D eigenvalue weighted by Gasteiger charge is -2.22. The van der Waals surface area contributed by atoms with Crippen LogP contribution in [0.1, 0.15) is 51.0 Å². The zero-order valence-electron chi connectivity index (χ0n) is 14.9. The van der Waals surface area contributed by atoms with Crippen LogP contribution in [-0.4, -0.2) is 30.4 Å². The van der Waals surface area contributed by atoms with Gasteiger partial charge in [0.25, 0.3) is 0 Å². The summed E-state index contributed by atoms with van der Waals surface area (Å²) in [6.45, 7) is 2.76. The van der Waals surface area contributed by atoms with Crippen LogP contribution in [0.4, 0.5) is 5.69 Å². The molecule has 1 saturated heterocycles. The van der Waals surface area contributed by atoms with Crippen molar-refractivity contribution in [3.05, 3.63) is 29.8 Å². The molecule has 5 heteroatoms. The number of amides is 1. The van der Waals surface area contributed by atoms with E-state index in [0.29, 0.717) is 25.7 Å². The normalized spacial score (nSPS) is 24.2. The molecule has 25 heavy (non-hydrogen) atoms. The second-order valence-corrected chi connectivity index (χ2v) is 7.26. The fourth-order valence-electron chi connectivity index (χ4n) is 3.66. The van der Waals surface area contributed by atoms with E-state index in [1.54, 1.807) is 6.92 Å². The Labute approximate surface area is 149 Å². The zero-order valence-corrected chi connectivity index (χ0v) is 14.9. The topological polar surface area (TPSA) is 67.4 Å². The third kappa shape index (κ3) is 5.13. The second-order valence-electron chi connectivity index (χ2n) is 7.26. The number of hydrogen-bond donors (Lipinski definition) is 2. The Bertz CT molecular complexity index is 611. The van der Waals surface area contributed by atoms with Crippen molar-refractivity contribution in [1.29, 1.82) is 0 Å². The minimum absolute atomic E-state index is 0.0500. The van der Waals surface area contributed by atoms with Gasteiger partial charge in [0, 0.05) is 18.2 Å². The highest BCUT2D eigenvalue weighted by atomic mass is 16.5. The summed E-state index contributed by atoms with van der Waals surface area (Å²) >= 11 is 0. The van der Waals surface area contributed by atoms with Crippen LogP contribution in [-0.2, 0) is 20.9 Å². The van der Waals surface area contributed by atoms with Crippen molar-refractivity contribution in [3.63, 3.8) is 0 Å². The summed E-state index contributed by atoms with van der Waals surface area (Å²) in [6, 6.07) is 7.53. The van der Waals surface area contributed by atoms with Gasteiger partial charge in [0.2, 0.25) is 5.91 Å². The first kappa shape index (κ1) is 18.1. The Morgan fingerprint density at radius 3 is 2.76 bits per heavy atom. The Kier molecular flexibility index (Phi) is 6.21. The van der Waals surface area contributed by atoms with Crippen molar-refractivity contribution >= 4 is 17.4 Å². The molecule has 1 saturated carbocycles. The molecule has 2 atom stereocenters. The maximum absolute atomic E-state index is 12.4. The van der Waals surface area contributed by atoms with Gasteiger partial charge in [0.1, 0.15) is 5.78 Å². The van der Waals surface area contributed by atoms with E-state index in [4.69, 9.17) is 4.74 Å². The minimum atomic E-state index is -0.295. The number of benzene rings is 1. The molecule has 2 N–H and O–H groups in total. The molecule has 1 aliphatic heterocycles. The van der Waals surface area contributed by atoms with Gasteiger partial charge in [-0.05, 0) is 43.9 Å². The molecule has 3 rings (SSSR count). The summed E-state index contributed by atoms with van der Waals surface area (Å²) in [5.74, 6) is 0.0183. The molecule has 1 aliphatic carbocycles. The molecule has 2 fully saturated rings. The number of Topliss-reactive ketones (excluding diaryl/α,β-unsaturated/α-hetero) is 1. The van der Waals surface area contributed by atoms with Crippen molar-refractivity contribution in [1.82, 2.24) is 5.32 Å². The van der Waals surface area contributed by atoms with Gasteiger partial charge in [-0.2, -0.15) is 0 Å². The molecule has 2 unspecified atom stereocenters. The van der Waals surface area contributed by atoms with Crippen LogP contribution in [0.25, 0.3) is 0 Å². The molecule has 1 aromatic rings. The van der Waals surface area contributed by atoms with Crippen LogP contribution in [0, 0.1) is 5.92 Å². The minimum Gasteiger partial charge on any atom is -0.374 e. The van der Waals surface area contributed by atoms with E-state index in [1.165, 1.54) is 19.3 Å². The fraction of sp³-hybridized carbons (Fsp3) is 0.600. The number of nitrogens with one attached hydrogen (secondary N) is 2. The quantitative estimate of drug-likeness (QED) is 0.832. The standard InChI is InChI=1S/C20H28N2O3/c1-14(23)16-11-19(21-12-16)20(24)22-17-7-5-6-15(10-17)13-25-18-8-3-2-4-9-18/h5-7,10,16,18-19,21H,2-4,8-9,11-13H2,1H3,(H,22,24). The lowest BCUT2D eigenvalue weighted by atomic mass is 9.98. The number of carbonyl (C=O) groups excluding carboxylic acids is 2. The molecule has 1 amide bonds. The van der Waals surface area contributed by atoms with Gasteiger partial charge in [-0.15, -0.1) is 0 Å². The highest BCUT2D eigenvalue weighted by Gasteiger charge is 2.31. The zero-order chi connectivity index (χ0) is 17.6. The summed E-state index contributed by atoms with van der Waals surface area (Å²) in [6.07, 6.45) is 7.10. The van der Waals surface area contributed by atoms with Crippen LogP contribution in [0.15, 0.2) is 24.3 Å². The molecular formula is C20H28N2O3. The van der Waals surface area contributed by atoms with Gasteiger partial charge < -0.3 is 15.4 Å². The predicted molar refractivity (Wildman–Crippen MR) is 97.3 cm³/mol. The van der Waals surface area contributed by atoms with Crippen molar-refractivity contribution in [3.8, 4) is 0 Å². The molecule has 2 aliphatic rings. The third-order valence-corrected chi connectivity index (χ3v) is 5.25. The Balaban J connectivity index is 1.51. The van der Waals surface area contributed by atoms with Gasteiger partial charge >= 0.3 is 0 Å². The Morgan fingerprint density at radius 1 is 1.24 bits per heavy atom. The van der Waals surface area contributed by atoms with Crippen LogP contribution < -0.4 is 10.6 Å². The Hall–Kier alpha value is -1.72. The van der Waals surface area contributed by atoms with Crippen LogP contribution in [0.2, 0.25) is 0 Å². The maximum Gasteiger partial charge on any atom is 0.241 e. The molecule has 0 spiro atoms. The molecule has 136 valence electrons. The number of carbonyl (C=O) groups is 2. The van der Waals surface area contributed by atoms with Gasteiger partial charge in [-0.1, -0.05) is 31.4 Å². The molecule has 1 heterocycles. The van der Waals surface area contributed by atoms with Gasteiger partial charge in [-0.3, -0.25) is 9.59 Å². The average Bonchev–Trinajstić information content (AvgIpc) is 3.12. The molecule has 0 bridgehead atoms. The number of anilines is 1. The first-order chi connectivity index (χ1) is 12.1. The van der Waals surface area contributed by atoms with E-state index in [1.807, 2.05) is 24.3 Å². The largest absolute Gasteiger partial charge is 0.374 e. The van der Waals surface area contributed by atoms with E-state index in [9.17, 15) is 9.59 Å².